The summed E-state index contributed by atoms with van der Waals surface area (Å²) in [4.78, 5) is 12.6. The predicted molar refractivity (Wildman–Crippen MR) is 102 cm³/mol. The highest BCUT2D eigenvalue weighted by atomic mass is 32.2. The summed E-state index contributed by atoms with van der Waals surface area (Å²) in [7, 11) is -2.23. The van der Waals surface area contributed by atoms with E-state index in [4.69, 9.17) is 4.74 Å². The van der Waals surface area contributed by atoms with Crippen LogP contribution in [0.4, 0.5) is 0 Å². The third-order valence-corrected chi connectivity index (χ3v) is 6.66. The van der Waals surface area contributed by atoms with Crippen molar-refractivity contribution in [2.24, 2.45) is 5.92 Å². The van der Waals surface area contributed by atoms with Gasteiger partial charge in [0.05, 0.1) is 13.0 Å². The molecule has 0 saturated carbocycles. The van der Waals surface area contributed by atoms with Gasteiger partial charge in [0, 0.05) is 19.6 Å². The van der Waals surface area contributed by atoms with Crippen LogP contribution in [0.2, 0.25) is 0 Å². The molecule has 0 spiro atoms. The molecule has 1 aromatic carbocycles. The van der Waals surface area contributed by atoms with Gasteiger partial charge < -0.3 is 10.1 Å². The summed E-state index contributed by atoms with van der Waals surface area (Å²) in [5.74, 6) is -0.00472. The highest BCUT2D eigenvalue weighted by molar-refractivity contribution is 7.89. The van der Waals surface area contributed by atoms with Gasteiger partial charge in [0.2, 0.25) is 15.9 Å². The van der Waals surface area contributed by atoms with Crippen molar-refractivity contribution in [3.63, 3.8) is 0 Å². The minimum absolute atomic E-state index is 0.0442. The van der Waals surface area contributed by atoms with Crippen molar-refractivity contribution in [1.29, 1.82) is 0 Å². The van der Waals surface area contributed by atoms with E-state index in [1.807, 2.05) is 13.0 Å². The summed E-state index contributed by atoms with van der Waals surface area (Å²) < 4.78 is 32.9. The third-order valence-electron chi connectivity index (χ3n) is 4.77. The smallest absolute Gasteiger partial charge is 0.246 e. The monoisotopic (exact) mass is 382 g/mol. The molecular formula is C19H30N2O4S. The van der Waals surface area contributed by atoms with Crippen LogP contribution >= 0.6 is 0 Å². The van der Waals surface area contributed by atoms with Crippen LogP contribution < -0.4 is 10.1 Å². The number of hydrogen-bond donors (Lipinski definition) is 1. The van der Waals surface area contributed by atoms with E-state index in [0.717, 1.165) is 31.2 Å². The van der Waals surface area contributed by atoms with Gasteiger partial charge in [-0.1, -0.05) is 25.8 Å². The predicted octanol–water partition coefficient (Wildman–Crippen LogP) is 2.71. The van der Waals surface area contributed by atoms with E-state index >= 15 is 0 Å². The van der Waals surface area contributed by atoms with Crippen molar-refractivity contribution in [2.45, 2.75) is 50.8 Å². The van der Waals surface area contributed by atoms with Crippen LogP contribution in [0.25, 0.3) is 0 Å². The molecule has 1 saturated heterocycles. The first-order valence-corrected chi connectivity index (χ1v) is 10.8. The zero-order chi connectivity index (χ0) is 19.2. The largest absolute Gasteiger partial charge is 0.495 e. The first-order valence-electron chi connectivity index (χ1n) is 9.32. The van der Waals surface area contributed by atoms with Crippen molar-refractivity contribution in [1.82, 2.24) is 9.62 Å². The molecule has 1 amide bonds. The Labute approximate surface area is 157 Å². The van der Waals surface area contributed by atoms with Crippen LogP contribution in [-0.2, 0) is 14.8 Å². The molecule has 1 atom stereocenters. The van der Waals surface area contributed by atoms with E-state index in [1.165, 1.54) is 11.4 Å². The normalized spacial score (nSPS) is 18.5. The van der Waals surface area contributed by atoms with Crippen LogP contribution in [-0.4, -0.2) is 45.4 Å². The molecule has 0 bridgehead atoms. The number of piperidine rings is 1. The molecule has 1 aliphatic rings. The lowest BCUT2D eigenvalue weighted by atomic mass is 9.99. The van der Waals surface area contributed by atoms with E-state index in [0.29, 0.717) is 25.3 Å². The van der Waals surface area contributed by atoms with Gasteiger partial charge in [-0.15, -0.1) is 0 Å². The maximum Gasteiger partial charge on any atom is 0.246 e. The second kappa shape index (κ2) is 9.37. The summed E-state index contributed by atoms with van der Waals surface area (Å²) in [5, 5.41) is 2.95. The molecule has 1 aromatic rings. The van der Waals surface area contributed by atoms with Gasteiger partial charge in [-0.05, 0) is 43.9 Å². The van der Waals surface area contributed by atoms with E-state index in [9.17, 15) is 13.2 Å². The number of unbranched alkanes of at least 4 members (excludes halogenated alkanes) is 2. The van der Waals surface area contributed by atoms with E-state index < -0.39 is 10.0 Å². The lowest BCUT2D eigenvalue weighted by Gasteiger charge is -2.31. The van der Waals surface area contributed by atoms with Gasteiger partial charge in [-0.2, -0.15) is 4.31 Å². The first-order chi connectivity index (χ1) is 12.4. The number of benzene rings is 1. The average molecular weight is 383 g/mol. The Bertz CT molecular complexity index is 718. The molecule has 2 rings (SSSR count). The highest BCUT2D eigenvalue weighted by Gasteiger charge is 2.34. The Kier molecular flexibility index (Phi) is 7.46. The number of amides is 1. The Morgan fingerprint density at radius 3 is 2.81 bits per heavy atom. The average Bonchev–Trinajstić information content (AvgIpc) is 2.65. The van der Waals surface area contributed by atoms with Gasteiger partial charge in [0.15, 0.2) is 0 Å². The van der Waals surface area contributed by atoms with Gasteiger partial charge >= 0.3 is 0 Å². The fraction of sp³-hybridized carbons (Fsp3) is 0.632. The Morgan fingerprint density at radius 1 is 1.35 bits per heavy atom. The number of nitrogens with one attached hydrogen (secondary N) is 1. The van der Waals surface area contributed by atoms with E-state index in [2.05, 4.69) is 12.2 Å². The topological polar surface area (TPSA) is 75.7 Å². The SMILES string of the molecule is CCCCCNC(=O)[C@H]1CCCN(S(=O)(=O)c2cc(C)ccc2OC)C1. The number of methoxy groups -OCH3 is 1. The van der Waals surface area contributed by atoms with Gasteiger partial charge in [-0.25, -0.2) is 8.42 Å². The molecule has 1 heterocycles. The van der Waals surface area contributed by atoms with Crippen molar-refractivity contribution in [2.75, 3.05) is 26.7 Å². The zero-order valence-corrected chi connectivity index (χ0v) is 16.8. The van der Waals surface area contributed by atoms with Gasteiger partial charge in [0.1, 0.15) is 10.6 Å². The molecule has 146 valence electrons. The molecule has 7 heteroatoms. The minimum atomic E-state index is -3.69. The van der Waals surface area contributed by atoms with Gasteiger partial charge in [-0.3, -0.25) is 4.79 Å². The molecule has 0 aliphatic carbocycles. The minimum Gasteiger partial charge on any atom is -0.495 e. The van der Waals surface area contributed by atoms with Crippen LogP contribution in [0.15, 0.2) is 23.1 Å². The van der Waals surface area contributed by atoms with E-state index in [-0.39, 0.29) is 23.3 Å². The summed E-state index contributed by atoms with van der Waals surface area (Å²) in [6.45, 7) is 5.27. The van der Waals surface area contributed by atoms with Crippen molar-refractivity contribution in [3.05, 3.63) is 23.8 Å². The second-order valence-electron chi connectivity index (χ2n) is 6.85. The summed E-state index contributed by atoms with van der Waals surface area (Å²) in [6.07, 6.45) is 4.54. The molecule has 0 radical (unpaired) electrons. The maximum absolute atomic E-state index is 13.1. The third kappa shape index (κ3) is 4.98. The van der Waals surface area contributed by atoms with Crippen LogP contribution in [0.3, 0.4) is 0 Å². The molecular weight excluding hydrogens is 352 g/mol. The number of hydrogen-bond acceptors (Lipinski definition) is 4. The summed E-state index contributed by atoms with van der Waals surface area (Å²) in [6, 6.07) is 5.12. The fourth-order valence-electron chi connectivity index (χ4n) is 3.23. The molecule has 26 heavy (non-hydrogen) atoms. The number of sulfonamides is 1. The number of aryl methyl sites for hydroxylation is 1. The zero-order valence-electron chi connectivity index (χ0n) is 16.0. The summed E-state index contributed by atoms with van der Waals surface area (Å²) >= 11 is 0. The van der Waals surface area contributed by atoms with Gasteiger partial charge in [0.25, 0.3) is 0 Å². The maximum atomic E-state index is 13.1. The molecule has 6 nitrogen and oxygen atoms in total. The lowest BCUT2D eigenvalue weighted by Crippen LogP contribution is -2.45. The number of carbonyl (C=O) groups is 1. The number of nitrogens with zero attached hydrogens (tertiary/aromatic N) is 1. The van der Waals surface area contributed by atoms with Crippen LogP contribution in [0.5, 0.6) is 5.75 Å². The molecule has 1 N–H and O–H groups in total. The number of rotatable bonds is 8. The molecule has 0 unspecified atom stereocenters. The lowest BCUT2D eigenvalue weighted by molar-refractivity contribution is -0.126. The number of ether oxygens (including phenoxy) is 1. The number of carbonyl (C=O) groups excluding carboxylic acids is 1. The first kappa shape index (κ1) is 20.7. The second-order valence-corrected chi connectivity index (χ2v) is 8.76. The highest BCUT2D eigenvalue weighted by Crippen LogP contribution is 2.30. The van der Waals surface area contributed by atoms with Crippen molar-refractivity contribution >= 4 is 15.9 Å². The molecule has 1 aliphatic heterocycles. The van der Waals surface area contributed by atoms with Crippen LogP contribution in [0.1, 0.15) is 44.6 Å². The quantitative estimate of drug-likeness (QED) is 0.702. The van der Waals surface area contributed by atoms with Crippen molar-refractivity contribution < 1.29 is 17.9 Å². The standard InChI is InChI=1S/C19H30N2O4S/c1-4-5-6-11-20-19(22)16-8-7-12-21(14-16)26(23,24)18-13-15(2)9-10-17(18)25-3/h9-10,13,16H,4-8,11-12,14H2,1-3H3,(H,20,22)/t16-/m0/s1. The van der Waals surface area contributed by atoms with E-state index in [1.54, 1.807) is 12.1 Å². The Balaban J connectivity index is 2.10. The molecule has 0 aromatic heterocycles. The van der Waals surface area contributed by atoms with Crippen molar-refractivity contribution in [3.8, 4) is 5.75 Å². The van der Waals surface area contributed by atoms with Crippen LogP contribution in [0, 0.1) is 12.8 Å². The summed E-state index contributed by atoms with van der Waals surface area (Å²) in [5.41, 5.74) is 0.853. The Morgan fingerprint density at radius 2 is 2.12 bits per heavy atom. The fourth-order valence-corrected chi connectivity index (χ4v) is 4.99. The Hall–Kier alpha value is -1.60. The molecule has 1 fully saturated rings.